The first kappa shape index (κ1) is 31.0. The molecule has 3 aliphatic carbocycles. The summed E-state index contributed by atoms with van der Waals surface area (Å²) in [4.78, 5) is 65.5. The molecule has 2 aromatic carbocycles. The van der Waals surface area contributed by atoms with E-state index in [9.17, 15) is 34.2 Å². The smallest absolute Gasteiger partial charge is 0.345 e. The molecule has 0 aliphatic heterocycles. The molecule has 2 aromatic rings. The maximum atomic E-state index is 13.9. The number of esters is 2. The van der Waals surface area contributed by atoms with Crippen LogP contribution in [0.4, 0.5) is 0 Å². The second-order valence-electron chi connectivity index (χ2n) is 11.9. The van der Waals surface area contributed by atoms with Crippen LogP contribution in [-0.2, 0) is 40.0 Å². The second kappa shape index (κ2) is 13.5. The fourth-order valence-electron chi connectivity index (χ4n) is 5.67. The van der Waals surface area contributed by atoms with Crippen LogP contribution in [-0.4, -0.2) is 63.7 Å². The molecule has 5 unspecified atom stereocenters. The Kier molecular flexibility index (Phi) is 9.51. The number of carbonyl (C=O) groups excluding carboxylic acids is 3. The van der Waals surface area contributed by atoms with Gasteiger partial charge in [0.05, 0.1) is 17.8 Å². The van der Waals surface area contributed by atoms with Crippen molar-refractivity contribution in [2.45, 2.75) is 64.2 Å². The van der Waals surface area contributed by atoms with Gasteiger partial charge in [-0.15, -0.1) is 0 Å². The number of para-hydroxylation sites is 1. The predicted octanol–water partition coefficient (Wildman–Crippen LogP) is 4.28. The summed E-state index contributed by atoms with van der Waals surface area (Å²) in [7, 11) is 0. The van der Waals surface area contributed by atoms with Crippen molar-refractivity contribution in [2.24, 2.45) is 29.6 Å². The van der Waals surface area contributed by atoms with Gasteiger partial charge in [0, 0.05) is 24.9 Å². The van der Waals surface area contributed by atoms with E-state index in [1.54, 1.807) is 17.0 Å². The topological polar surface area (TPSA) is 157 Å². The molecule has 0 aromatic heterocycles. The fraction of sp³-hybridized carbons (Fsp3) is 0.485. The summed E-state index contributed by atoms with van der Waals surface area (Å²) in [6.07, 6.45) is 0.365. The first-order valence-electron chi connectivity index (χ1n) is 15.1. The lowest BCUT2D eigenvalue weighted by Crippen LogP contribution is -2.55. The highest BCUT2D eigenvalue weighted by atomic mass is 16.6. The van der Waals surface area contributed by atoms with Gasteiger partial charge in [-0.1, -0.05) is 37.3 Å². The molecule has 3 aliphatic rings. The molecule has 0 heterocycles. The van der Waals surface area contributed by atoms with Crippen molar-refractivity contribution in [1.82, 2.24) is 4.90 Å². The fourth-order valence-corrected chi connectivity index (χ4v) is 5.67. The summed E-state index contributed by atoms with van der Waals surface area (Å²) in [5.41, 5.74) is 0.829. The van der Waals surface area contributed by atoms with Crippen molar-refractivity contribution < 1.29 is 48.4 Å². The number of ether oxygens (including phenoxy) is 3. The van der Waals surface area contributed by atoms with Crippen LogP contribution >= 0.6 is 0 Å². The summed E-state index contributed by atoms with van der Waals surface area (Å²) in [6, 6.07) is 16.6. The second-order valence-corrected chi connectivity index (χ2v) is 11.9. The third-order valence-corrected chi connectivity index (χ3v) is 8.42. The zero-order valence-electron chi connectivity index (χ0n) is 24.5. The molecule has 5 atom stereocenters. The Hall–Kier alpha value is -4.41. The number of carbonyl (C=O) groups is 5. The van der Waals surface area contributed by atoms with E-state index < -0.39 is 53.8 Å². The van der Waals surface area contributed by atoms with Gasteiger partial charge >= 0.3 is 23.9 Å². The van der Waals surface area contributed by atoms with E-state index in [1.165, 1.54) is 0 Å². The van der Waals surface area contributed by atoms with Gasteiger partial charge in [-0.3, -0.25) is 14.4 Å². The number of benzene rings is 2. The first-order valence-corrected chi connectivity index (χ1v) is 15.1. The maximum Gasteiger partial charge on any atom is 0.345 e. The number of hydrogen-bond acceptors (Lipinski definition) is 8. The molecule has 0 saturated heterocycles. The Labute approximate surface area is 255 Å². The van der Waals surface area contributed by atoms with Crippen LogP contribution in [0.15, 0.2) is 54.6 Å². The average molecular weight is 608 g/mol. The molecule has 0 spiro atoms. The lowest BCUT2D eigenvalue weighted by molar-refractivity contribution is -0.189. The molecular weight excluding hydrogens is 570 g/mol. The molecule has 2 N–H and O–H groups in total. The quantitative estimate of drug-likeness (QED) is 0.280. The van der Waals surface area contributed by atoms with E-state index in [1.807, 2.05) is 49.4 Å². The lowest BCUT2D eigenvalue weighted by Gasteiger charge is -2.43. The van der Waals surface area contributed by atoms with Crippen molar-refractivity contribution in [1.29, 1.82) is 0 Å². The van der Waals surface area contributed by atoms with Crippen LogP contribution in [0.25, 0.3) is 0 Å². The van der Waals surface area contributed by atoms with Crippen molar-refractivity contribution in [3.63, 3.8) is 0 Å². The average Bonchev–Trinajstić information content (AvgIpc) is 3.90. The number of aliphatic carboxylic acids is 2. The van der Waals surface area contributed by atoms with E-state index >= 15 is 0 Å². The van der Waals surface area contributed by atoms with Crippen molar-refractivity contribution in [3.8, 4) is 11.5 Å². The summed E-state index contributed by atoms with van der Waals surface area (Å²) in [5.74, 6) is -7.34. The Bertz CT molecular complexity index is 1370. The third kappa shape index (κ3) is 7.38. The van der Waals surface area contributed by atoms with Crippen molar-refractivity contribution >= 4 is 29.8 Å². The molecule has 5 rings (SSSR count). The van der Waals surface area contributed by atoms with Gasteiger partial charge in [-0.2, -0.15) is 0 Å². The molecule has 11 heteroatoms. The standard InChI is InChI=1S/C33H37NO10/c1-2-16-34(18-19-8-14-23(15-9-19)42-22-6-4-3-5-7-22)29(35)24-17-25(32(40)43-27(30(36)37)20-10-11-20)26(24)33(41)44-28(31(38)39)21-12-13-21/h3-9,14-15,20-21,24-28H,2,10-13,16-18H2,1H3,(H,36,37)(H,38,39). The van der Waals surface area contributed by atoms with Gasteiger partial charge in [0.15, 0.2) is 0 Å². The summed E-state index contributed by atoms with van der Waals surface area (Å²) >= 11 is 0. The highest BCUT2D eigenvalue weighted by molar-refractivity contribution is 5.94. The number of carboxylic acids is 2. The molecule has 11 nitrogen and oxygen atoms in total. The van der Waals surface area contributed by atoms with Gasteiger partial charge in [-0.05, 0) is 68.4 Å². The summed E-state index contributed by atoms with van der Waals surface area (Å²) < 4.78 is 16.6. The van der Waals surface area contributed by atoms with E-state index in [0.717, 1.165) is 5.56 Å². The number of carboxylic acid groups (broad SMARTS) is 2. The SMILES string of the molecule is CCCN(Cc1ccc(Oc2ccccc2)cc1)C(=O)C1CC(C(=O)OC(C(=O)O)C2CC2)C1C(=O)OC(C(=O)O)C1CC1. The van der Waals surface area contributed by atoms with E-state index in [2.05, 4.69) is 0 Å². The van der Waals surface area contributed by atoms with Gasteiger partial charge in [0.1, 0.15) is 11.5 Å². The third-order valence-electron chi connectivity index (χ3n) is 8.42. The van der Waals surface area contributed by atoms with Crippen LogP contribution in [0.1, 0.15) is 51.0 Å². The van der Waals surface area contributed by atoms with E-state index in [0.29, 0.717) is 50.1 Å². The van der Waals surface area contributed by atoms with E-state index in [-0.39, 0.29) is 30.7 Å². The molecule has 1 amide bonds. The van der Waals surface area contributed by atoms with Crippen molar-refractivity contribution in [3.05, 3.63) is 60.2 Å². The molecule has 234 valence electrons. The van der Waals surface area contributed by atoms with E-state index in [4.69, 9.17) is 14.2 Å². The molecule has 0 radical (unpaired) electrons. The normalized spacial score (nSPS) is 22.1. The largest absolute Gasteiger partial charge is 0.478 e. The number of amides is 1. The predicted molar refractivity (Wildman–Crippen MR) is 154 cm³/mol. The maximum absolute atomic E-state index is 13.9. The van der Waals surface area contributed by atoms with Gasteiger partial charge in [0.25, 0.3) is 0 Å². The van der Waals surface area contributed by atoms with Gasteiger partial charge in [-0.25, -0.2) is 9.59 Å². The van der Waals surface area contributed by atoms with Gasteiger partial charge < -0.3 is 29.3 Å². The highest BCUT2D eigenvalue weighted by Gasteiger charge is 2.57. The number of hydrogen-bond donors (Lipinski definition) is 2. The minimum absolute atomic E-state index is 0.0281. The Morgan fingerprint density at radius 2 is 1.32 bits per heavy atom. The number of nitrogens with zero attached hydrogens (tertiary/aromatic N) is 1. The minimum atomic E-state index is -1.36. The zero-order chi connectivity index (χ0) is 31.4. The Balaban J connectivity index is 1.30. The molecule has 44 heavy (non-hydrogen) atoms. The summed E-state index contributed by atoms with van der Waals surface area (Å²) in [6.45, 7) is 2.55. The number of rotatable bonds is 15. The molecular formula is C33H37NO10. The van der Waals surface area contributed by atoms with Crippen LogP contribution in [0.2, 0.25) is 0 Å². The van der Waals surface area contributed by atoms with Crippen LogP contribution < -0.4 is 4.74 Å². The molecule has 0 bridgehead atoms. The monoisotopic (exact) mass is 607 g/mol. The van der Waals surface area contributed by atoms with Crippen LogP contribution in [0.5, 0.6) is 11.5 Å². The Morgan fingerprint density at radius 1 is 0.773 bits per heavy atom. The summed E-state index contributed by atoms with van der Waals surface area (Å²) in [5, 5.41) is 19.1. The van der Waals surface area contributed by atoms with Crippen LogP contribution in [0.3, 0.4) is 0 Å². The molecule has 3 fully saturated rings. The van der Waals surface area contributed by atoms with Crippen LogP contribution in [0, 0.1) is 29.6 Å². The van der Waals surface area contributed by atoms with Crippen molar-refractivity contribution in [2.75, 3.05) is 6.54 Å². The lowest BCUT2D eigenvalue weighted by atomic mass is 9.64. The first-order chi connectivity index (χ1) is 21.2. The minimum Gasteiger partial charge on any atom is -0.478 e. The highest BCUT2D eigenvalue weighted by Crippen LogP contribution is 2.46. The Morgan fingerprint density at radius 3 is 1.84 bits per heavy atom. The zero-order valence-corrected chi connectivity index (χ0v) is 24.5. The molecule has 3 saturated carbocycles. The van der Waals surface area contributed by atoms with Gasteiger partial charge in [0.2, 0.25) is 18.1 Å².